The molecule has 8 amide bonds. The lowest BCUT2D eigenvalue weighted by Crippen LogP contribution is -2.47. The van der Waals surface area contributed by atoms with Crippen molar-refractivity contribution in [2.45, 2.75) is 232 Å². The van der Waals surface area contributed by atoms with Crippen LogP contribution >= 0.6 is 11.8 Å². The number of furan rings is 1. The molecule has 2 aromatic heterocycles. The highest BCUT2D eigenvalue weighted by Gasteiger charge is 2.53. The first-order valence-corrected chi connectivity index (χ1v) is 40.4. The second kappa shape index (κ2) is 32.7. The fraction of sp³-hybridized carbons (Fsp3) is 0.765. The third-order valence-electron chi connectivity index (χ3n) is 20.4. The average molecular weight is 1380 g/mol. The minimum atomic E-state index is -0.977. The molecule has 8 saturated heterocycles. The van der Waals surface area contributed by atoms with Crippen LogP contribution < -0.4 is 42.5 Å². The van der Waals surface area contributed by atoms with E-state index in [1.807, 2.05) is 0 Å². The molecule has 16 atom stereocenters. The van der Waals surface area contributed by atoms with Gasteiger partial charge in [0.25, 0.3) is 11.8 Å². The maximum Gasteiger partial charge on any atom is 0.287 e. The Bertz CT molecular complexity index is 2860. The Morgan fingerprint density at radius 2 is 0.833 bits per heavy atom. The first kappa shape index (κ1) is 70.4. The Morgan fingerprint density at radius 1 is 0.448 bits per heavy atom. The summed E-state index contributed by atoms with van der Waals surface area (Å²) in [6.45, 7) is 10.6. The van der Waals surface area contributed by atoms with Gasteiger partial charge in [0.15, 0.2) is 5.76 Å². The molecule has 26 nitrogen and oxygen atoms in total. The van der Waals surface area contributed by atoms with Crippen molar-refractivity contribution in [2.24, 2.45) is 29.6 Å². The maximum atomic E-state index is 12.3. The average Bonchev–Trinajstić information content (AvgIpc) is 1.68. The summed E-state index contributed by atoms with van der Waals surface area (Å²) < 4.78 is 51.4. The summed E-state index contributed by atoms with van der Waals surface area (Å²) >= 11 is 1.70. The van der Waals surface area contributed by atoms with E-state index in [9.17, 15) is 38.4 Å². The first-order chi connectivity index (χ1) is 46.5. The number of H-pyrrole nitrogens is 1. The van der Waals surface area contributed by atoms with E-state index in [1.54, 1.807) is 42.2 Å². The predicted molar refractivity (Wildman–Crippen MR) is 353 cm³/mol. The second-order valence-electron chi connectivity index (χ2n) is 29.6. The molecule has 10 heterocycles. The molecule has 0 aromatic carbocycles. The highest BCUT2D eigenvalue weighted by molar-refractivity contribution is 7.99. The van der Waals surface area contributed by atoms with Crippen molar-refractivity contribution in [1.82, 2.24) is 47.5 Å². The van der Waals surface area contributed by atoms with E-state index >= 15 is 0 Å². The van der Waals surface area contributed by atoms with Gasteiger partial charge in [0, 0.05) is 44.4 Å². The summed E-state index contributed by atoms with van der Waals surface area (Å²) in [5.74, 6) is 3.43. The van der Waals surface area contributed by atoms with Crippen LogP contribution in [0.25, 0.3) is 0 Å². The minimum absolute atomic E-state index is 0.0475. The number of amides is 8. The van der Waals surface area contributed by atoms with Gasteiger partial charge in [-0.2, -0.15) is 11.8 Å². The van der Waals surface area contributed by atoms with E-state index < -0.39 is 8.07 Å². The SMILES string of the molecule is C[Si](C)(C)CCCSCC(=O)NC1COC2C(NC(=O)C3CC3)COC12.O=C(CCCC1CCCCC1)NC1COC2C(NC(=O)C3CC3)COC12.O=C(NC1COC2C(NC(=O)C3CC3)COC12)c1ccc[nH]1.O=C(NC1COC2C(NC(=O)C3CC3)COC12)c1ccco1. The zero-order valence-corrected chi connectivity index (χ0v) is 57.6. The van der Waals surface area contributed by atoms with E-state index in [2.05, 4.69) is 67.2 Å². The van der Waals surface area contributed by atoms with E-state index in [4.69, 9.17) is 42.3 Å². The number of hydrogen-bond donors (Lipinski definition) is 9. The van der Waals surface area contributed by atoms with Crippen LogP contribution in [0.4, 0.5) is 0 Å². The van der Waals surface area contributed by atoms with Crippen LogP contribution in [0.5, 0.6) is 0 Å². The normalized spacial score (nSPS) is 33.0. The van der Waals surface area contributed by atoms with Gasteiger partial charge in [-0.05, 0) is 107 Å². The van der Waals surface area contributed by atoms with Gasteiger partial charge in [-0.15, -0.1) is 0 Å². The smallest absolute Gasteiger partial charge is 0.287 e. The maximum absolute atomic E-state index is 12.3. The molecule has 15 rings (SSSR count). The standard InChI is InChI=1S/C20H32N2O4.C18H32N2O4SSi.C15H19N3O4.C15H18N2O5/c23-17(8-4-7-13-5-2-1-3-6-13)21-15-11-25-19-16(12-26-18(15)19)22-20(24)14-9-10-14;1-26(2,3)8-4-7-25-11-15(21)19-13-9-23-17-14(10-24-16(13)17)20-18(22)12-5-6-12;19-14(8-3-4-8)17-10-6-21-13-11(7-22-12(10)13)18-15(20)9-2-1-5-16-9;18-14(8-3-4-8)16-9-6-21-13-10(7-22-12(9)13)17-15(19)11-2-1-5-20-11/h13-16,18-19H,1-12H2,(H,21,23)(H,22,24);12-14,16-17H,4-11H2,1-3H3,(H,19,21)(H,20,22);1-2,5,8,10-13,16H,3-4,6-7H2,(H,17,19)(H,18,20);1-2,5,8-10,12-13H,3-4,6-7H2,(H,16,18)(H,17,19). The van der Waals surface area contributed by atoms with Crippen molar-refractivity contribution in [3.05, 3.63) is 48.2 Å². The molecule has 0 radical (unpaired) electrons. The minimum Gasteiger partial charge on any atom is -0.459 e. The van der Waals surface area contributed by atoms with Gasteiger partial charge in [0.1, 0.15) is 54.5 Å². The molecule has 5 aliphatic carbocycles. The van der Waals surface area contributed by atoms with E-state index in [1.165, 1.54) is 57.3 Å². The van der Waals surface area contributed by atoms with Crippen LogP contribution in [0.2, 0.25) is 25.7 Å². The monoisotopic (exact) mass is 1380 g/mol. The first-order valence-electron chi connectivity index (χ1n) is 35.6. The summed E-state index contributed by atoms with van der Waals surface area (Å²) in [6.07, 6.45) is 20.3. The number of carbonyl (C=O) groups excluding carboxylic acids is 8. The summed E-state index contributed by atoms with van der Waals surface area (Å²) in [7, 11) is -0.977. The topological polar surface area (TPSA) is 336 Å². The van der Waals surface area contributed by atoms with Gasteiger partial charge >= 0.3 is 0 Å². The van der Waals surface area contributed by atoms with E-state index in [-0.39, 0.29) is 174 Å². The molecule has 0 bridgehead atoms. The summed E-state index contributed by atoms with van der Waals surface area (Å²) in [5.41, 5.74) is 0.514. The van der Waals surface area contributed by atoms with Crippen LogP contribution in [0.15, 0.2) is 41.1 Å². The molecule has 96 heavy (non-hydrogen) atoms. The molecular weight excluding hydrogens is 1270 g/mol. The van der Waals surface area contributed by atoms with Crippen LogP contribution in [-0.2, 0) is 66.7 Å². The van der Waals surface area contributed by atoms with Crippen LogP contribution in [0.1, 0.15) is 130 Å². The van der Waals surface area contributed by atoms with Crippen LogP contribution in [-0.4, -0.2) is 222 Å². The molecule has 530 valence electrons. The molecule has 13 fully saturated rings. The van der Waals surface area contributed by atoms with Crippen molar-refractivity contribution < 1.29 is 80.7 Å². The van der Waals surface area contributed by atoms with Gasteiger partial charge in [-0.3, -0.25) is 38.4 Å². The highest BCUT2D eigenvalue weighted by Crippen LogP contribution is 2.36. The number of hydrogen-bond acceptors (Lipinski definition) is 18. The zero-order valence-electron chi connectivity index (χ0n) is 55.7. The highest BCUT2D eigenvalue weighted by atomic mass is 32.2. The van der Waals surface area contributed by atoms with Crippen LogP contribution in [0, 0.1) is 29.6 Å². The van der Waals surface area contributed by atoms with Crippen molar-refractivity contribution in [3.8, 4) is 0 Å². The number of nitrogens with one attached hydrogen (secondary N) is 9. The largest absolute Gasteiger partial charge is 0.459 e. The molecule has 28 heteroatoms. The van der Waals surface area contributed by atoms with Gasteiger partial charge in [-0.25, -0.2) is 0 Å². The summed E-state index contributed by atoms with van der Waals surface area (Å²) in [5, 5.41) is 24.0. The predicted octanol–water partition coefficient (Wildman–Crippen LogP) is 3.42. The van der Waals surface area contributed by atoms with Gasteiger partial charge < -0.3 is 89.8 Å². The molecule has 8 aliphatic heterocycles. The van der Waals surface area contributed by atoms with Crippen molar-refractivity contribution >= 4 is 67.1 Å². The fourth-order valence-electron chi connectivity index (χ4n) is 14.4. The zero-order chi connectivity index (χ0) is 66.9. The number of thioether (sulfide) groups is 1. The van der Waals surface area contributed by atoms with Crippen molar-refractivity contribution in [2.75, 3.05) is 64.4 Å². The number of rotatable bonds is 24. The molecule has 2 aromatic rings. The van der Waals surface area contributed by atoms with Crippen molar-refractivity contribution in [3.63, 3.8) is 0 Å². The Hall–Kier alpha value is -5.43. The Kier molecular flexibility index (Phi) is 24.0. The number of fused-ring (bicyclic) bond motifs is 4. The molecule has 16 unspecified atom stereocenters. The third-order valence-corrected chi connectivity index (χ3v) is 23.3. The van der Waals surface area contributed by atoms with Crippen molar-refractivity contribution in [1.29, 1.82) is 0 Å². The van der Waals surface area contributed by atoms with Gasteiger partial charge in [0.05, 0.1) is 113 Å². The lowest BCUT2D eigenvalue weighted by Gasteiger charge is -2.21. The molecule has 5 saturated carbocycles. The second-order valence-corrected chi connectivity index (χ2v) is 36.3. The summed E-state index contributed by atoms with van der Waals surface area (Å²) in [6, 6.07) is 7.02. The number of carbonyl (C=O) groups is 8. The molecule has 9 N–H and O–H groups in total. The lowest BCUT2D eigenvalue weighted by atomic mass is 9.86. The van der Waals surface area contributed by atoms with Gasteiger partial charge in [-0.1, -0.05) is 57.8 Å². The van der Waals surface area contributed by atoms with E-state index in [0.717, 1.165) is 69.5 Å². The van der Waals surface area contributed by atoms with Crippen LogP contribution in [0.3, 0.4) is 0 Å². The number of aromatic amines is 1. The molecule has 13 aliphatic rings. The quantitative estimate of drug-likeness (QED) is 0.0537. The third kappa shape index (κ3) is 19.3. The Morgan fingerprint density at radius 3 is 1.20 bits per heavy atom. The fourth-order valence-corrected chi connectivity index (χ4v) is 16.6. The van der Waals surface area contributed by atoms with E-state index in [0.29, 0.717) is 70.7 Å². The summed E-state index contributed by atoms with van der Waals surface area (Å²) in [4.78, 5) is 99.1. The number of ether oxygens (including phenoxy) is 8. The lowest BCUT2D eigenvalue weighted by molar-refractivity contribution is -0.124. The van der Waals surface area contributed by atoms with Gasteiger partial charge in [0.2, 0.25) is 35.4 Å². The molecular formula is C68H101N9O17SSi. The number of aromatic nitrogens is 1. The Labute approximate surface area is 566 Å². The molecule has 0 spiro atoms. The Balaban J connectivity index is 0.000000123.